The third kappa shape index (κ3) is 5.62. The highest BCUT2D eigenvalue weighted by Crippen LogP contribution is 2.31. The lowest BCUT2D eigenvalue weighted by atomic mass is 10.0. The van der Waals surface area contributed by atoms with Gasteiger partial charge in [-0.15, -0.1) is 0 Å². The average molecular weight is 343 g/mol. The van der Waals surface area contributed by atoms with Crippen LogP contribution in [0, 0.1) is 0 Å². The molecule has 2 aromatic rings. The summed E-state index contributed by atoms with van der Waals surface area (Å²) in [4.78, 5) is 8.55. The average Bonchev–Trinajstić information content (AvgIpc) is 2.66. The molecule has 0 unspecified atom stereocenters. The van der Waals surface area contributed by atoms with E-state index in [2.05, 4.69) is 28.3 Å². The van der Waals surface area contributed by atoms with E-state index in [-0.39, 0.29) is 0 Å². The van der Waals surface area contributed by atoms with Crippen molar-refractivity contribution in [3.63, 3.8) is 0 Å². The van der Waals surface area contributed by atoms with Crippen LogP contribution in [-0.4, -0.2) is 30.7 Å². The van der Waals surface area contributed by atoms with Crippen molar-refractivity contribution in [3.8, 4) is 11.5 Å². The van der Waals surface area contributed by atoms with Gasteiger partial charge in [-0.25, -0.2) is 9.97 Å². The number of anilines is 1. The molecule has 0 fully saturated rings. The Morgan fingerprint density at radius 3 is 2.52 bits per heavy atom. The van der Waals surface area contributed by atoms with Crippen LogP contribution in [0.15, 0.2) is 30.7 Å². The topological polar surface area (TPSA) is 56.3 Å². The summed E-state index contributed by atoms with van der Waals surface area (Å²) in [7, 11) is 3.36. The molecule has 1 N–H and O–H groups in total. The fraction of sp³-hybridized carbons (Fsp3) is 0.500. The van der Waals surface area contributed by atoms with E-state index in [4.69, 9.17) is 9.47 Å². The smallest absolute Gasteiger partial charge is 0.163 e. The van der Waals surface area contributed by atoms with Crippen molar-refractivity contribution < 1.29 is 9.47 Å². The minimum atomic E-state index is 0.791. The van der Waals surface area contributed by atoms with Crippen molar-refractivity contribution >= 4 is 5.82 Å². The van der Waals surface area contributed by atoms with Crippen molar-refractivity contribution in [2.24, 2.45) is 0 Å². The Kier molecular flexibility index (Phi) is 8.02. The number of hydrogen-bond donors (Lipinski definition) is 1. The number of benzene rings is 1. The largest absolute Gasteiger partial charge is 0.493 e. The van der Waals surface area contributed by atoms with Crippen LogP contribution in [0.1, 0.15) is 43.7 Å². The second-order valence-corrected chi connectivity index (χ2v) is 6.04. The molecular formula is C20H29N3O2. The molecule has 5 heteroatoms. The summed E-state index contributed by atoms with van der Waals surface area (Å²) in [5.74, 6) is 2.61. The van der Waals surface area contributed by atoms with Crippen LogP contribution in [0.25, 0.3) is 0 Å². The summed E-state index contributed by atoms with van der Waals surface area (Å²) in [6, 6.07) is 6.04. The van der Waals surface area contributed by atoms with E-state index >= 15 is 0 Å². The molecule has 0 aliphatic carbocycles. The van der Waals surface area contributed by atoms with E-state index in [1.165, 1.54) is 17.5 Å². The molecule has 136 valence electrons. The molecule has 0 saturated heterocycles. The molecule has 0 bridgehead atoms. The van der Waals surface area contributed by atoms with Gasteiger partial charge in [0.25, 0.3) is 0 Å². The van der Waals surface area contributed by atoms with Crippen LogP contribution < -0.4 is 14.8 Å². The molecule has 0 radical (unpaired) electrons. The number of hydrogen-bond acceptors (Lipinski definition) is 5. The lowest BCUT2D eigenvalue weighted by Crippen LogP contribution is -2.06. The van der Waals surface area contributed by atoms with Crippen molar-refractivity contribution in [3.05, 3.63) is 41.9 Å². The first kappa shape index (κ1) is 19.0. The quantitative estimate of drug-likeness (QED) is 0.617. The third-order valence-corrected chi connectivity index (χ3v) is 4.24. The van der Waals surface area contributed by atoms with E-state index in [0.717, 1.165) is 56.0 Å². The molecular weight excluding hydrogens is 314 g/mol. The van der Waals surface area contributed by atoms with E-state index in [9.17, 15) is 0 Å². The van der Waals surface area contributed by atoms with E-state index in [0.29, 0.717) is 0 Å². The van der Waals surface area contributed by atoms with E-state index in [1.54, 1.807) is 20.5 Å². The number of methoxy groups -OCH3 is 2. The maximum atomic E-state index is 5.50. The first-order valence-electron chi connectivity index (χ1n) is 9.02. The van der Waals surface area contributed by atoms with Gasteiger partial charge in [0.05, 0.1) is 14.2 Å². The standard InChI is InChI=1S/C20H29N3O2/c1-4-5-13-22-20-17(14-21-15-23-20)10-7-6-9-16-11-8-12-18(24-2)19(16)25-3/h8,11-12,14-15H,4-7,9-10,13H2,1-3H3,(H,21,22,23). The van der Waals surface area contributed by atoms with Gasteiger partial charge in [0, 0.05) is 18.3 Å². The monoisotopic (exact) mass is 343 g/mol. The second-order valence-electron chi connectivity index (χ2n) is 6.04. The number of rotatable bonds is 11. The SMILES string of the molecule is CCCCNc1ncncc1CCCCc1cccc(OC)c1OC. The second kappa shape index (κ2) is 10.5. The number of nitrogens with one attached hydrogen (secondary N) is 1. The summed E-state index contributed by atoms with van der Waals surface area (Å²) >= 11 is 0. The van der Waals surface area contributed by atoms with Gasteiger partial charge >= 0.3 is 0 Å². The van der Waals surface area contributed by atoms with Crippen LogP contribution in [0.5, 0.6) is 11.5 Å². The van der Waals surface area contributed by atoms with Gasteiger partial charge in [0.1, 0.15) is 12.1 Å². The van der Waals surface area contributed by atoms with Gasteiger partial charge in [-0.1, -0.05) is 25.5 Å². The highest BCUT2D eigenvalue weighted by molar-refractivity contribution is 5.46. The summed E-state index contributed by atoms with van der Waals surface area (Å²) in [5.41, 5.74) is 2.38. The molecule has 0 aliphatic heterocycles. The third-order valence-electron chi connectivity index (χ3n) is 4.24. The Hall–Kier alpha value is -2.30. The van der Waals surface area contributed by atoms with Crippen molar-refractivity contribution in [2.75, 3.05) is 26.1 Å². The Morgan fingerprint density at radius 2 is 1.80 bits per heavy atom. The molecule has 25 heavy (non-hydrogen) atoms. The van der Waals surface area contributed by atoms with Crippen LogP contribution in [0.2, 0.25) is 0 Å². The predicted molar refractivity (Wildman–Crippen MR) is 102 cm³/mol. The summed E-state index contributed by atoms with van der Waals surface area (Å²) < 4.78 is 10.9. The van der Waals surface area contributed by atoms with Crippen LogP contribution in [0.3, 0.4) is 0 Å². The molecule has 5 nitrogen and oxygen atoms in total. The first-order valence-corrected chi connectivity index (χ1v) is 9.02. The molecule has 0 amide bonds. The number of nitrogens with zero attached hydrogens (tertiary/aromatic N) is 2. The van der Waals surface area contributed by atoms with Crippen LogP contribution in [-0.2, 0) is 12.8 Å². The lowest BCUT2D eigenvalue weighted by molar-refractivity contribution is 0.351. The van der Waals surface area contributed by atoms with Gasteiger partial charge in [-0.05, 0) is 43.7 Å². The minimum Gasteiger partial charge on any atom is -0.493 e. The zero-order valence-corrected chi connectivity index (χ0v) is 15.5. The molecule has 0 spiro atoms. The van der Waals surface area contributed by atoms with Crippen molar-refractivity contribution in [2.45, 2.75) is 45.4 Å². The van der Waals surface area contributed by atoms with Gasteiger partial charge in [-0.2, -0.15) is 0 Å². The van der Waals surface area contributed by atoms with Gasteiger partial charge in [-0.3, -0.25) is 0 Å². The molecule has 0 aliphatic rings. The normalized spacial score (nSPS) is 10.5. The maximum absolute atomic E-state index is 5.50. The van der Waals surface area contributed by atoms with Gasteiger partial charge in [0.2, 0.25) is 0 Å². The lowest BCUT2D eigenvalue weighted by Gasteiger charge is -2.13. The number of unbranched alkanes of at least 4 members (excludes halogenated alkanes) is 2. The summed E-state index contributed by atoms with van der Waals surface area (Å²) in [6.45, 7) is 3.15. The Morgan fingerprint density at radius 1 is 1.00 bits per heavy atom. The number of aromatic nitrogens is 2. The summed E-state index contributed by atoms with van der Waals surface area (Å²) in [6.07, 6.45) is 9.96. The summed E-state index contributed by atoms with van der Waals surface area (Å²) in [5, 5.41) is 3.42. The van der Waals surface area contributed by atoms with Crippen LogP contribution in [0.4, 0.5) is 5.82 Å². The first-order chi connectivity index (χ1) is 12.3. The fourth-order valence-electron chi connectivity index (χ4n) is 2.87. The van der Waals surface area contributed by atoms with Gasteiger partial charge < -0.3 is 14.8 Å². The number of ether oxygens (including phenoxy) is 2. The van der Waals surface area contributed by atoms with Gasteiger partial charge in [0.15, 0.2) is 11.5 Å². The zero-order chi connectivity index (χ0) is 17.9. The maximum Gasteiger partial charge on any atom is 0.163 e. The highest BCUT2D eigenvalue weighted by Gasteiger charge is 2.09. The van der Waals surface area contributed by atoms with Crippen LogP contribution >= 0.6 is 0 Å². The zero-order valence-electron chi connectivity index (χ0n) is 15.5. The Bertz CT molecular complexity index is 647. The molecule has 2 rings (SSSR count). The Balaban J connectivity index is 1.88. The Labute approximate surface area is 150 Å². The predicted octanol–water partition coefficient (Wildman–Crippen LogP) is 4.27. The molecule has 1 aromatic heterocycles. The number of aryl methyl sites for hydroxylation is 2. The highest BCUT2D eigenvalue weighted by atomic mass is 16.5. The molecule has 1 aromatic carbocycles. The molecule has 0 saturated carbocycles. The van der Waals surface area contributed by atoms with E-state index in [1.807, 2.05) is 18.3 Å². The van der Waals surface area contributed by atoms with Crippen molar-refractivity contribution in [1.82, 2.24) is 9.97 Å². The number of para-hydroxylation sites is 1. The molecule has 0 atom stereocenters. The molecule has 1 heterocycles. The van der Waals surface area contributed by atoms with Crippen molar-refractivity contribution in [1.29, 1.82) is 0 Å². The fourth-order valence-corrected chi connectivity index (χ4v) is 2.87. The van der Waals surface area contributed by atoms with E-state index < -0.39 is 0 Å². The minimum absolute atomic E-state index is 0.791.